The molecule has 1 aliphatic rings. The van der Waals surface area contributed by atoms with Gasteiger partial charge in [-0.3, -0.25) is 9.69 Å². The van der Waals surface area contributed by atoms with Crippen LogP contribution in [0.5, 0.6) is 0 Å². The lowest BCUT2D eigenvalue weighted by Crippen LogP contribution is -2.52. The van der Waals surface area contributed by atoms with Crippen LogP contribution >= 0.6 is 0 Å². The number of aromatic nitrogens is 2. The predicted octanol–water partition coefficient (Wildman–Crippen LogP) is -0.710. The quantitative estimate of drug-likeness (QED) is 0.750. The average molecular weight is 283 g/mol. The van der Waals surface area contributed by atoms with Crippen molar-refractivity contribution in [3.05, 3.63) is 11.7 Å². The van der Waals surface area contributed by atoms with Crippen LogP contribution in [0.4, 0.5) is 4.79 Å². The van der Waals surface area contributed by atoms with Crippen molar-refractivity contribution < 1.29 is 19.2 Å². The Morgan fingerprint density at radius 1 is 1.35 bits per heavy atom. The van der Waals surface area contributed by atoms with Gasteiger partial charge in [-0.05, 0) is 0 Å². The third-order valence-electron chi connectivity index (χ3n) is 2.99. The SMILES string of the molecule is Cc1nc(CNC(=O)N2CCN(CC(=O)O)CC2)no1. The fourth-order valence-corrected chi connectivity index (χ4v) is 1.98. The lowest BCUT2D eigenvalue weighted by atomic mass is 10.3. The minimum atomic E-state index is -0.852. The van der Waals surface area contributed by atoms with Crippen LogP contribution in [0.15, 0.2) is 4.52 Å². The molecule has 0 spiro atoms. The van der Waals surface area contributed by atoms with E-state index < -0.39 is 5.97 Å². The summed E-state index contributed by atoms with van der Waals surface area (Å²) in [5.41, 5.74) is 0. The maximum atomic E-state index is 11.9. The van der Waals surface area contributed by atoms with Crippen LogP contribution in [0.2, 0.25) is 0 Å². The van der Waals surface area contributed by atoms with Crippen molar-refractivity contribution in [1.82, 2.24) is 25.3 Å². The van der Waals surface area contributed by atoms with Gasteiger partial charge < -0.3 is 19.8 Å². The third-order valence-corrected chi connectivity index (χ3v) is 2.99. The fourth-order valence-electron chi connectivity index (χ4n) is 1.98. The highest BCUT2D eigenvalue weighted by Crippen LogP contribution is 2.02. The maximum absolute atomic E-state index is 11.9. The number of hydrogen-bond donors (Lipinski definition) is 2. The summed E-state index contributed by atoms with van der Waals surface area (Å²) < 4.78 is 4.81. The van der Waals surface area contributed by atoms with Gasteiger partial charge in [-0.2, -0.15) is 4.98 Å². The minimum absolute atomic E-state index is 0.0115. The summed E-state index contributed by atoms with van der Waals surface area (Å²) in [5.74, 6) is 0.0345. The normalized spacial score (nSPS) is 16.1. The summed E-state index contributed by atoms with van der Waals surface area (Å²) in [6.45, 7) is 4.03. The number of nitrogens with zero attached hydrogens (tertiary/aromatic N) is 4. The van der Waals surface area contributed by atoms with Crippen LogP contribution in [0.25, 0.3) is 0 Å². The van der Waals surface area contributed by atoms with Gasteiger partial charge in [0.2, 0.25) is 5.89 Å². The molecule has 1 aromatic heterocycles. The molecule has 9 heteroatoms. The molecular weight excluding hydrogens is 266 g/mol. The van der Waals surface area contributed by atoms with Crippen LogP contribution in [0.1, 0.15) is 11.7 Å². The number of carboxylic acids is 1. The second-order valence-corrected chi connectivity index (χ2v) is 4.55. The highest BCUT2D eigenvalue weighted by Gasteiger charge is 2.22. The molecule has 1 saturated heterocycles. The summed E-state index contributed by atoms with van der Waals surface area (Å²) in [4.78, 5) is 29.9. The summed E-state index contributed by atoms with van der Waals surface area (Å²) in [6.07, 6.45) is 0. The predicted molar refractivity (Wildman–Crippen MR) is 66.9 cm³/mol. The van der Waals surface area contributed by atoms with Gasteiger partial charge in [-0.25, -0.2) is 4.79 Å². The van der Waals surface area contributed by atoms with E-state index in [1.807, 2.05) is 0 Å². The number of carbonyl (C=O) groups is 2. The molecule has 2 rings (SSSR count). The van der Waals surface area contributed by atoms with Crippen molar-refractivity contribution in [3.63, 3.8) is 0 Å². The molecule has 20 heavy (non-hydrogen) atoms. The molecule has 110 valence electrons. The minimum Gasteiger partial charge on any atom is -0.480 e. The summed E-state index contributed by atoms with van der Waals surface area (Å²) in [5, 5.41) is 15.1. The van der Waals surface area contributed by atoms with Gasteiger partial charge in [-0.15, -0.1) is 0 Å². The second-order valence-electron chi connectivity index (χ2n) is 4.55. The smallest absolute Gasteiger partial charge is 0.317 e. The molecule has 0 bridgehead atoms. The Labute approximate surface area is 115 Å². The van der Waals surface area contributed by atoms with Crippen LogP contribution in [-0.2, 0) is 11.3 Å². The number of carboxylic acid groups (broad SMARTS) is 1. The topological polar surface area (TPSA) is 112 Å². The summed E-state index contributed by atoms with van der Waals surface area (Å²) in [6, 6.07) is -0.206. The zero-order valence-corrected chi connectivity index (χ0v) is 11.2. The van der Waals surface area contributed by atoms with Crippen molar-refractivity contribution >= 4 is 12.0 Å². The lowest BCUT2D eigenvalue weighted by molar-refractivity contribution is -0.138. The third kappa shape index (κ3) is 3.92. The molecule has 2 heterocycles. The van der Waals surface area contributed by atoms with Gasteiger partial charge in [0, 0.05) is 33.1 Å². The van der Waals surface area contributed by atoms with E-state index in [0.29, 0.717) is 37.9 Å². The van der Waals surface area contributed by atoms with Gasteiger partial charge in [0.05, 0.1) is 13.1 Å². The number of hydrogen-bond acceptors (Lipinski definition) is 6. The highest BCUT2D eigenvalue weighted by atomic mass is 16.5. The van der Waals surface area contributed by atoms with E-state index in [9.17, 15) is 9.59 Å². The number of rotatable bonds is 4. The Bertz CT molecular complexity index is 481. The van der Waals surface area contributed by atoms with Crippen LogP contribution in [0, 0.1) is 6.92 Å². The van der Waals surface area contributed by atoms with Crippen molar-refractivity contribution in [2.24, 2.45) is 0 Å². The Hall–Kier alpha value is -2.16. The van der Waals surface area contributed by atoms with Gasteiger partial charge in [-0.1, -0.05) is 5.16 Å². The molecule has 2 amide bonds. The van der Waals surface area contributed by atoms with Crippen molar-refractivity contribution in [1.29, 1.82) is 0 Å². The molecule has 9 nitrogen and oxygen atoms in total. The number of amides is 2. The van der Waals surface area contributed by atoms with E-state index in [0.717, 1.165) is 0 Å². The molecule has 0 radical (unpaired) electrons. The molecule has 1 fully saturated rings. The molecular formula is C11H17N5O4. The monoisotopic (exact) mass is 283 g/mol. The first-order valence-corrected chi connectivity index (χ1v) is 6.30. The lowest BCUT2D eigenvalue weighted by Gasteiger charge is -2.33. The van der Waals surface area contributed by atoms with E-state index in [4.69, 9.17) is 9.63 Å². The maximum Gasteiger partial charge on any atom is 0.317 e. The molecule has 0 saturated carbocycles. The molecule has 1 aliphatic heterocycles. The standard InChI is InChI=1S/C11H17N5O4/c1-8-13-9(14-20-8)6-12-11(19)16-4-2-15(3-5-16)7-10(17)18/h2-7H2,1H3,(H,12,19)(H,17,18). The largest absolute Gasteiger partial charge is 0.480 e. The van der Waals surface area contributed by atoms with E-state index in [1.165, 1.54) is 0 Å². The molecule has 0 aromatic carbocycles. The zero-order chi connectivity index (χ0) is 14.5. The molecule has 1 aromatic rings. The Kier molecular flexibility index (Phi) is 4.51. The number of urea groups is 1. The van der Waals surface area contributed by atoms with E-state index in [-0.39, 0.29) is 19.1 Å². The summed E-state index contributed by atoms with van der Waals surface area (Å²) in [7, 11) is 0. The number of piperazine rings is 1. The number of aryl methyl sites for hydroxylation is 1. The molecule has 2 N–H and O–H groups in total. The number of carbonyl (C=O) groups excluding carboxylic acids is 1. The first kappa shape index (κ1) is 14.3. The van der Waals surface area contributed by atoms with E-state index in [1.54, 1.807) is 16.7 Å². The van der Waals surface area contributed by atoms with Crippen LogP contribution < -0.4 is 5.32 Å². The second kappa shape index (κ2) is 6.33. The highest BCUT2D eigenvalue weighted by molar-refractivity contribution is 5.74. The van der Waals surface area contributed by atoms with Crippen LogP contribution in [-0.4, -0.2) is 69.8 Å². The van der Waals surface area contributed by atoms with E-state index in [2.05, 4.69) is 15.5 Å². The molecule has 0 atom stereocenters. The van der Waals surface area contributed by atoms with Crippen LogP contribution in [0.3, 0.4) is 0 Å². The Balaban J connectivity index is 1.73. The number of nitrogens with one attached hydrogen (secondary N) is 1. The average Bonchev–Trinajstić information content (AvgIpc) is 2.82. The fraction of sp³-hybridized carbons (Fsp3) is 0.636. The zero-order valence-electron chi connectivity index (χ0n) is 11.2. The van der Waals surface area contributed by atoms with Gasteiger partial charge in [0.15, 0.2) is 5.82 Å². The van der Waals surface area contributed by atoms with E-state index >= 15 is 0 Å². The van der Waals surface area contributed by atoms with Gasteiger partial charge >= 0.3 is 12.0 Å². The van der Waals surface area contributed by atoms with Gasteiger partial charge in [0.1, 0.15) is 0 Å². The summed E-state index contributed by atoms with van der Waals surface area (Å²) >= 11 is 0. The first-order valence-electron chi connectivity index (χ1n) is 6.30. The van der Waals surface area contributed by atoms with Gasteiger partial charge in [0.25, 0.3) is 0 Å². The first-order chi connectivity index (χ1) is 9.54. The number of aliphatic carboxylic acids is 1. The van der Waals surface area contributed by atoms with Crippen molar-refractivity contribution in [2.75, 3.05) is 32.7 Å². The Morgan fingerprint density at radius 2 is 2.05 bits per heavy atom. The van der Waals surface area contributed by atoms with Crippen molar-refractivity contribution in [3.8, 4) is 0 Å². The molecule has 0 aliphatic carbocycles. The van der Waals surface area contributed by atoms with Crippen molar-refractivity contribution in [2.45, 2.75) is 13.5 Å². The molecule has 0 unspecified atom stereocenters. The Morgan fingerprint density at radius 3 is 2.60 bits per heavy atom.